The summed E-state index contributed by atoms with van der Waals surface area (Å²) in [6, 6.07) is 8.20. The third-order valence-corrected chi connectivity index (χ3v) is 4.62. The van der Waals surface area contributed by atoms with E-state index in [9.17, 15) is 9.18 Å². The van der Waals surface area contributed by atoms with Crippen LogP contribution in [0.4, 0.5) is 10.2 Å². The molecule has 2 N–H and O–H groups in total. The zero-order valence-electron chi connectivity index (χ0n) is 14.6. The van der Waals surface area contributed by atoms with E-state index in [2.05, 4.69) is 25.6 Å². The second kappa shape index (κ2) is 7.69. The van der Waals surface area contributed by atoms with E-state index in [0.717, 1.165) is 0 Å². The molecule has 3 aromatic rings. The lowest BCUT2D eigenvalue weighted by molar-refractivity contribution is -0.115. The van der Waals surface area contributed by atoms with Gasteiger partial charge in [0.2, 0.25) is 11.1 Å². The van der Waals surface area contributed by atoms with Crippen LogP contribution in [0.25, 0.3) is 11.4 Å². The van der Waals surface area contributed by atoms with Gasteiger partial charge in [0.1, 0.15) is 11.6 Å². The summed E-state index contributed by atoms with van der Waals surface area (Å²) in [5.41, 5.74) is 0.338. The van der Waals surface area contributed by atoms with Crippen molar-refractivity contribution in [2.75, 3.05) is 5.32 Å². The van der Waals surface area contributed by atoms with E-state index < -0.39 is 5.25 Å². The van der Waals surface area contributed by atoms with Crippen molar-refractivity contribution in [3.8, 4) is 11.4 Å². The van der Waals surface area contributed by atoms with Gasteiger partial charge < -0.3 is 5.32 Å². The van der Waals surface area contributed by atoms with Crippen LogP contribution in [0.5, 0.6) is 0 Å². The minimum atomic E-state index is -0.435. The van der Waals surface area contributed by atoms with Crippen LogP contribution in [0.3, 0.4) is 0 Å². The summed E-state index contributed by atoms with van der Waals surface area (Å²) in [4.78, 5) is 16.7. The number of hydrogen-bond donors (Lipinski definition) is 2. The van der Waals surface area contributed by atoms with Crippen LogP contribution in [0.2, 0.25) is 0 Å². The molecule has 0 bridgehead atoms. The van der Waals surface area contributed by atoms with Crippen LogP contribution in [-0.4, -0.2) is 36.1 Å². The maximum atomic E-state index is 13.8. The van der Waals surface area contributed by atoms with Gasteiger partial charge in [-0.25, -0.2) is 14.1 Å². The van der Waals surface area contributed by atoms with Crippen molar-refractivity contribution in [3.63, 3.8) is 0 Å². The molecule has 0 unspecified atom stereocenters. The van der Waals surface area contributed by atoms with Gasteiger partial charge in [-0.2, -0.15) is 5.10 Å². The molecule has 0 aliphatic heterocycles. The molecule has 3 rings (SSSR count). The molecular formula is C17H19FN6OS. The Bertz CT molecular complexity index is 906. The standard InChI is InChI=1S/C17H19FN6OS/c1-10(2)24-14(8-9-19-24)20-16(25)11(3)26-17-21-15(22-23-17)12-6-4-5-7-13(12)18/h4-11H,1-3H3,(H,20,25)(H,21,22,23)/t11-/m0/s1. The first kappa shape index (κ1) is 18.1. The number of H-pyrrole nitrogens is 1. The number of carbonyl (C=O) groups excluding carboxylic acids is 1. The largest absolute Gasteiger partial charge is 0.310 e. The Hall–Kier alpha value is -2.68. The van der Waals surface area contributed by atoms with Crippen molar-refractivity contribution in [3.05, 3.63) is 42.3 Å². The highest BCUT2D eigenvalue weighted by Gasteiger charge is 2.20. The lowest BCUT2D eigenvalue weighted by atomic mass is 10.2. The zero-order valence-corrected chi connectivity index (χ0v) is 15.4. The Balaban J connectivity index is 1.66. The van der Waals surface area contributed by atoms with Crippen molar-refractivity contribution in [2.45, 2.75) is 37.2 Å². The molecule has 0 saturated carbocycles. The molecule has 0 saturated heterocycles. The van der Waals surface area contributed by atoms with E-state index in [-0.39, 0.29) is 17.8 Å². The topological polar surface area (TPSA) is 88.5 Å². The summed E-state index contributed by atoms with van der Waals surface area (Å²) >= 11 is 1.19. The predicted molar refractivity (Wildman–Crippen MR) is 98.3 cm³/mol. The highest BCUT2D eigenvalue weighted by Crippen LogP contribution is 2.25. The van der Waals surface area contributed by atoms with Gasteiger partial charge in [0.05, 0.1) is 17.0 Å². The molecule has 0 aliphatic carbocycles. The normalized spacial score (nSPS) is 12.3. The Morgan fingerprint density at radius 3 is 2.77 bits per heavy atom. The number of nitrogens with one attached hydrogen (secondary N) is 2. The van der Waals surface area contributed by atoms with Gasteiger partial charge in [-0.05, 0) is 32.9 Å². The first-order valence-corrected chi connectivity index (χ1v) is 9.02. The fraction of sp³-hybridized carbons (Fsp3) is 0.294. The smallest absolute Gasteiger partial charge is 0.238 e. The maximum absolute atomic E-state index is 13.8. The number of thioether (sulfide) groups is 1. The highest BCUT2D eigenvalue weighted by molar-refractivity contribution is 8.00. The van der Waals surface area contributed by atoms with E-state index >= 15 is 0 Å². The number of aromatic amines is 1. The van der Waals surface area contributed by atoms with Crippen LogP contribution < -0.4 is 5.32 Å². The number of anilines is 1. The summed E-state index contributed by atoms with van der Waals surface area (Å²) in [7, 11) is 0. The lowest BCUT2D eigenvalue weighted by Gasteiger charge is -2.14. The van der Waals surface area contributed by atoms with Gasteiger partial charge in [0.25, 0.3) is 0 Å². The van der Waals surface area contributed by atoms with E-state index in [1.807, 2.05) is 13.8 Å². The number of rotatable bonds is 6. The van der Waals surface area contributed by atoms with Gasteiger partial charge in [-0.3, -0.25) is 9.89 Å². The van der Waals surface area contributed by atoms with E-state index in [1.165, 1.54) is 17.8 Å². The minimum absolute atomic E-state index is 0.139. The Kier molecular flexibility index (Phi) is 5.36. The van der Waals surface area contributed by atoms with Crippen LogP contribution >= 0.6 is 11.8 Å². The minimum Gasteiger partial charge on any atom is -0.310 e. The number of amides is 1. The summed E-state index contributed by atoms with van der Waals surface area (Å²) in [5.74, 6) is 0.401. The maximum Gasteiger partial charge on any atom is 0.238 e. The van der Waals surface area contributed by atoms with Crippen molar-refractivity contribution in [2.24, 2.45) is 0 Å². The second-order valence-electron chi connectivity index (χ2n) is 5.95. The average molecular weight is 374 g/mol. The number of halogens is 1. The monoisotopic (exact) mass is 374 g/mol. The molecule has 26 heavy (non-hydrogen) atoms. The molecule has 2 aromatic heterocycles. The third-order valence-electron chi connectivity index (χ3n) is 3.66. The number of carbonyl (C=O) groups is 1. The van der Waals surface area contributed by atoms with Crippen LogP contribution in [-0.2, 0) is 4.79 Å². The van der Waals surface area contributed by atoms with Gasteiger partial charge in [0, 0.05) is 12.1 Å². The van der Waals surface area contributed by atoms with Crippen molar-refractivity contribution < 1.29 is 9.18 Å². The molecule has 1 amide bonds. The predicted octanol–water partition coefficient (Wildman–Crippen LogP) is 3.51. The summed E-state index contributed by atoms with van der Waals surface area (Å²) in [6.07, 6.45) is 1.64. The average Bonchev–Trinajstić information content (AvgIpc) is 3.24. The van der Waals surface area contributed by atoms with Crippen LogP contribution in [0.15, 0.2) is 41.7 Å². The molecule has 2 heterocycles. The Morgan fingerprint density at radius 2 is 2.04 bits per heavy atom. The van der Waals surface area contributed by atoms with Gasteiger partial charge in [0.15, 0.2) is 5.82 Å². The molecule has 136 valence electrons. The first-order chi connectivity index (χ1) is 12.5. The summed E-state index contributed by atoms with van der Waals surface area (Å²) < 4.78 is 15.6. The van der Waals surface area contributed by atoms with Crippen molar-refractivity contribution >= 4 is 23.5 Å². The highest BCUT2D eigenvalue weighted by atomic mass is 32.2. The number of benzene rings is 1. The summed E-state index contributed by atoms with van der Waals surface area (Å²) in [5, 5.41) is 13.8. The molecule has 0 fully saturated rings. The number of nitrogens with zero attached hydrogens (tertiary/aromatic N) is 4. The van der Waals surface area contributed by atoms with Gasteiger partial charge in [-0.15, -0.1) is 5.10 Å². The molecular weight excluding hydrogens is 355 g/mol. The summed E-state index contributed by atoms with van der Waals surface area (Å²) in [6.45, 7) is 5.73. The van der Waals surface area contributed by atoms with Crippen molar-refractivity contribution in [1.29, 1.82) is 0 Å². The third kappa shape index (κ3) is 3.93. The molecule has 7 nitrogen and oxygen atoms in total. The van der Waals surface area contributed by atoms with Crippen LogP contribution in [0.1, 0.15) is 26.8 Å². The molecule has 0 aliphatic rings. The Labute approximate surface area is 154 Å². The molecule has 0 spiro atoms. The van der Waals surface area contributed by atoms with Crippen molar-refractivity contribution in [1.82, 2.24) is 25.0 Å². The fourth-order valence-corrected chi connectivity index (χ4v) is 3.06. The first-order valence-electron chi connectivity index (χ1n) is 8.14. The van der Waals surface area contributed by atoms with Gasteiger partial charge in [-0.1, -0.05) is 23.9 Å². The lowest BCUT2D eigenvalue weighted by Crippen LogP contribution is -2.24. The molecule has 1 atom stereocenters. The zero-order chi connectivity index (χ0) is 18.7. The fourth-order valence-electron chi connectivity index (χ4n) is 2.34. The SMILES string of the molecule is CC(C)n1nccc1NC(=O)[C@H](C)Sc1n[nH]c(-c2ccccc2F)n1. The van der Waals surface area contributed by atoms with Crippen LogP contribution in [0, 0.1) is 5.82 Å². The van der Waals surface area contributed by atoms with E-state index in [4.69, 9.17) is 0 Å². The number of aromatic nitrogens is 5. The van der Waals surface area contributed by atoms with E-state index in [1.54, 1.807) is 42.1 Å². The Morgan fingerprint density at radius 1 is 1.27 bits per heavy atom. The van der Waals surface area contributed by atoms with Gasteiger partial charge >= 0.3 is 0 Å². The van der Waals surface area contributed by atoms with E-state index in [0.29, 0.717) is 22.4 Å². The molecule has 0 radical (unpaired) electrons. The second-order valence-corrected chi connectivity index (χ2v) is 7.26. The molecule has 9 heteroatoms. The molecule has 1 aromatic carbocycles. The number of hydrogen-bond acceptors (Lipinski definition) is 5. The quantitative estimate of drug-likeness (QED) is 0.645.